The first-order chi connectivity index (χ1) is 14.9. The standard InChI is InChI=1S/C26H54O4S/c1-4-7-10-13-16-19-22-25(23-20-17-14-11-8-5-2)26(30-31(27,28)29)24-21-18-15-12-9-6-3/h25-26H,4-24H2,1-3H3,(H,27,28,29). The van der Waals surface area contributed by atoms with E-state index < -0.39 is 10.4 Å². The quantitative estimate of drug-likeness (QED) is 0.115. The van der Waals surface area contributed by atoms with Gasteiger partial charge in [-0.05, 0) is 25.2 Å². The highest BCUT2D eigenvalue weighted by molar-refractivity contribution is 7.80. The lowest BCUT2D eigenvalue weighted by atomic mass is 9.87. The van der Waals surface area contributed by atoms with Crippen molar-refractivity contribution >= 4 is 10.4 Å². The molecule has 1 unspecified atom stereocenters. The van der Waals surface area contributed by atoms with E-state index >= 15 is 0 Å². The SMILES string of the molecule is CCCCCCCCC(CCCCCCCC)C(CCCCCCCC)OS(=O)(=O)O. The molecule has 0 aliphatic carbocycles. The second-order valence-corrected chi connectivity index (χ2v) is 10.5. The third-order valence-electron chi connectivity index (χ3n) is 6.47. The van der Waals surface area contributed by atoms with Crippen LogP contribution in [0.5, 0.6) is 0 Å². The van der Waals surface area contributed by atoms with Gasteiger partial charge < -0.3 is 0 Å². The van der Waals surface area contributed by atoms with Gasteiger partial charge >= 0.3 is 10.4 Å². The lowest BCUT2D eigenvalue weighted by Gasteiger charge is -2.26. The molecule has 0 rings (SSSR count). The smallest absolute Gasteiger partial charge is 0.264 e. The highest BCUT2D eigenvalue weighted by atomic mass is 32.3. The molecule has 0 aromatic heterocycles. The maximum atomic E-state index is 11.5. The van der Waals surface area contributed by atoms with Crippen LogP contribution in [0.3, 0.4) is 0 Å². The highest BCUT2D eigenvalue weighted by Gasteiger charge is 2.26. The average molecular weight is 463 g/mol. The van der Waals surface area contributed by atoms with Crippen molar-refractivity contribution in [3.8, 4) is 0 Å². The molecule has 5 heteroatoms. The first-order valence-electron chi connectivity index (χ1n) is 13.6. The van der Waals surface area contributed by atoms with Gasteiger partial charge in [0.25, 0.3) is 0 Å². The van der Waals surface area contributed by atoms with Gasteiger partial charge in [0, 0.05) is 0 Å². The summed E-state index contributed by atoms with van der Waals surface area (Å²) < 4.78 is 37.7. The van der Waals surface area contributed by atoms with E-state index in [4.69, 9.17) is 4.18 Å². The van der Waals surface area contributed by atoms with Gasteiger partial charge in [-0.1, -0.05) is 136 Å². The number of rotatable bonds is 24. The van der Waals surface area contributed by atoms with E-state index in [-0.39, 0.29) is 12.0 Å². The number of hydrogen-bond donors (Lipinski definition) is 1. The summed E-state index contributed by atoms with van der Waals surface area (Å²) in [6.45, 7) is 6.68. The Hall–Kier alpha value is -0.130. The Balaban J connectivity index is 4.70. The van der Waals surface area contributed by atoms with Crippen LogP contribution in [0.25, 0.3) is 0 Å². The summed E-state index contributed by atoms with van der Waals surface area (Å²) in [6, 6.07) is 0. The van der Waals surface area contributed by atoms with Crippen LogP contribution < -0.4 is 0 Å². The Morgan fingerprint density at radius 3 is 1.23 bits per heavy atom. The van der Waals surface area contributed by atoms with Crippen LogP contribution in [0, 0.1) is 5.92 Å². The molecule has 1 atom stereocenters. The first-order valence-corrected chi connectivity index (χ1v) is 15.0. The summed E-state index contributed by atoms with van der Waals surface area (Å²) in [4.78, 5) is 0. The van der Waals surface area contributed by atoms with Crippen LogP contribution in [-0.2, 0) is 14.6 Å². The monoisotopic (exact) mass is 462 g/mol. The zero-order valence-electron chi connectivity index (χ0n) is 21.1. The molecule has 0 aromatic rings. The molecule has 0 radical (unpaired) electrons. The maximum Gasteiger partial charge on any atom is 0.397 e. The minimum Gasteiger partial charge on any atom is -0.264 e. The molecule has 0 fully saturated rings. The van der Waals surface area contributed by atoms with Crippen molar-refractivity contribution in [1.82, 2.24) is 0 Å². The molecule has 31 heavy (non-hydrogen) atoms. The molecule has 0 heterocycles. The average Bonchev–Trinajstić information content (AvgIpc) is 2.72. The summed E-state index contributed by atoms with van der Waals surface area (Å²) in [5, 5.41) is 0. The van der Waals surface area contributed by atoms with E-state index in [1.54, 1.807) is 0 Å². The molecule has 4 nitrogen and oxygen atoms in total. The van der Waals surface area contributed by atoms with Crippen molar-refractivity contribution in [3.63, 3.8) is 0 Å². The third kappa shape index (κ3) is 21.5. The molecule has 188 valence electrons. The minimum atomic E-state index is -4.40. The zero-order chi connectivity index (χ0) is 23.2. The fourth-order valence-corrected chi connectivity index (χ4v) is 5.10. The molecular formula is C26H54O4S. The summed E-state index contributed by atoms with van der Waals surface area (Å²) in [5.41, 5.74) is 0. The van der Waals surface area contributed by atoms with Crippen molar-refractivity contribution < 1.29 is 17.2 Å². The largest absolute Gasteiger partial charge is 0.397 e. The van der Waals surface area contributed by atoms with E-state index in [1.807, 2.05) is 0 Å². The van der Waals surface area contributed by atoms with Crippen LogP contribution in [0.2, 0.25) is 0 Å². The zero-order valence-corrected chi connectivity index (χ0v) is 21.9. The van der Waals surface area contributed by atoms with Gasteiger partial charge in [0.15, 0.2) is 0 Å². The van der Waals surface area contributed by atoms with Crippen molar-refractivity contribution in [3.05, 3.63) is 0 Å². The van der Waals surface area contributed by atoms with E-state index in [1.165, 1.54) is 89.9 Å². The van der Waals surface area contributed by atoms with Gasteiger partial charge in [0.2, 0.25) is 0 Å². The fraction of sp³-hybridized carbons (Fsp3) is 1.00. The Bertz CT molecular complexity index is 448. The Morgan fingerprint density at radius 1 is 0.548 bits per heavy atom. The summed E-state index contributed by atoms with van der Waals surface area (Å²) in [5.74, 6) is 0.231. The van der Waals surface area contributed by atoms with Gasteiger partial charge in [0.1, 0.15) is 0 Å². The number of hydrogen-bond acceptors (Lipinski definition) is 3. The van der Waals surface area contributed by atoms with E-state index in [0.29, 0.717) is 0 Å². The third-order valence-corrected chi connectivity index (χ3v) is 6.96. The second kappa shape index (κ2) is 21.7. The minimum absolute atomic E-state index is 0.231. The van der Waals surface area contributed by atoms with Gasteiger partial charge in [-0.25, -0.2) is 4.18 Å². The molecule has 0 bridgehead atoms. The Labute approximate surface area is 195 Å². The van der Waals surface area contributed by atoms with Crippen LogP contribution in [0.1, 0.15) is 156 Å². The summed E-state index contributed by atoms with van der Waals surface area (Å²) in [7, 11) is -4.40. The molecule has 0 aliphatic rings. The summed E-state index contributed by atoms with van der Waals surface area (Å²) in [6.07, 6.45) is 24.3. The van der Waals surface area contributed by atoms with Crippen LogP contribution >= 0.6 is 0 Å². The summed E-state index contributed by atoms with van der Waals surface area (Å²) >= 11 is 0. The van der Waals surface area contributed by atoms with Crippen molar-refractivity contribution in [2.75, 3.05) is 0 Å². The topological polar surface area (TPSA) is 63.6 Å². The molecule has 0 amide bonds. The highest BCUT2D eigenvalue weighted by Crippen LogP contribution is 2.28. The molecule has 0 saturated heterocycles. The maximum absolute atomic E-state index is 11.5. The Kier molecular flexibility index (Phi) is 21.6. The number of unbranched alkanes of at least 4 members (excludes halogenated alkanes) is 15. The van der Waals surface area contributed by atoms with E-state index in [9.17, 15) is 13.0 Å². The predicted molar refractivity (Wildman–Crippen MR) is 134 cm³/mol. The molecular weight excluding hydrogens is 408 g/mol. The van der Waals surface area contributed by atoms with E-state index in [2.05, 4.69) is 20.8 Å². The van der Waals surface area contributed by atoms with Gasteiger partial charge in [-0.2, -0.15) is 8.42 Å². The van der Waals surface area contributed by atoms with Crippen molar-refractivity contribution in [2.24, 2.45) is 5.92 Å². The van der Waals surface area contributed by atoms with Crippen LogP contribution in [0.4, 0.5) is 0 Å². The lowest BCUT2D eigenvalue weighted by molar-refractivity contribution is 0.0981. The first kappa shape index (κ1) is 30.9. The molecule has 0 aliphatic heterocycles. The normalized spacial score (nSPS) is 13.2. The lowest BCUT2D eigenvalue weighted by Crippen LogP contribution is -2.27. The Morgan fingerprint density at radius 2 is 0.871 bits per heavy atom. The second-order valence-electron chi connectivity index (χ2n) is 9.49. The molecule has 0 saturated carbocycles. The van der Waals surface area contributed by atoms with Crippen LogP contribution in [-0.4, -0.2) is 19.1 Å². The van der Waals surface area contributed by atoms with Crippen molar-refractivity contribution in [1.29, 1.82) is 0 Å². The van der Waals surface area contributed by atoms with Gasteiger partial charge in [-0.3, -0.25) is 4.55 Å². The predicted octanol–water partition coefficient (Wildman–Crippen LogP) is 9.04. The van der Waals surface area contributed by atoms with Crippen LogP contribution in [0.15, 0.2) is 0 Å². The van der Waals surface area contributed by atoms with Gasteiger partial charge in [-0.15, -0.1) is 0 Å². The van der Waals surface area contributed by atoms with Gasteiger partial charge in [0.05, 0.1) is 6.10 Å². The van der Waals surface area contributed by atoms with E-state index in [0.717, 1.165) is 44.9 Å². The van der Waals surface area contributed by atoms with Crippen molar-refractivity contribution in [2.45, 2.75) is 162 Å². The fourth-order valence-electron chi connectivity index (χ4n) is 4.53. The molecule has 0 spiro atoms. The molecule has 1 N–H and O–H groups in total. The molecule has 0 aromatic carbocycles.